The molecule has 0 aliphatic heterocycles. The number of hydrogen-bond donors (Lipinski definition) is 0. The zero-order valence-corrected chi connectivity index (χ0v) is 35.7. The minimum atomic E-state index is 0.891. The molecule has 15 aromatic rings. The van der Waals surface area contributed by atoms with Crippen LogP contribution in [0.3, 0.4) is 0 Å². The maximum Gasteiger partial charge on any atom is 0.135 e. The van der Waals surface area contributed by atoms with Gasteiger partial charge in [0.15, 0.2) is 0 Å². The predicted molar refractivity (Wildman–Crippen MR) is 275 cm³/mol. The van der Waals surface area contributed by atoms with Crippen molar-refractivity contribution < 1.29 is 4.42 Å². The summed E-state index contributed by atoms with van der Waals surface area (Å²) in [5.41, 5.74) is 14.8. The fraction of sp³-hybridized carbons (Fsp3) is 0. The van der Waals surface area contributed by atoms with E-state index in [4.69, 9.17) is 4.42 Å². The van der Waals surface area contributed by atoms with Gasteiger partial charge in [-0.1, -0.05) is 115 Å². The molecule has 302 valence electrons. The Kier molecular flexibility index (Phi) is 7.07. The van der Waals surface area contributed by atoms with Crippen LogP contribution < -0.4 is 0 Å². The minimum Gasteiger partial charge on any atom is -0.456 e. The van der Waals surface area contributed by atoms with Crippen LogP contribution in [-0.4, -0.2) is 13.7 Å². The standard InChI is InChI=1S/C60H35N3OS/c1-6-19-50-41(14-1)42-15-2-7-20-51(42)61(50)38-12-11-13-39(34-38)63-54-23-10-5-18-46(54)59-55(63)28-27-45-49-33-37(25-31-58(49)65-60(45)59)36-24-29-56-47(32-36)48-35-40(26-30-57(48)64-56)62-52-21-8-3-16-43(52)44-17-4-9-22-53(44)62/h1-35H. The number of nitrogens with zero attached hydrogens (tertiary/aromatic N) is 3. The average Bonchev–Trinajstić information content (AvgIpc) is 4.17. The highest BCUT2D eigenvalue weighted by molar-refractivity contribution is 7.26. The van der Waals surface area contributed by atoms with Gasteiger partial charge in [0.2, 0.25) is 0 Å². The second kappa shape index (κ2) is 13.1. The van der Waals surface area contributed by atoms with Gasteiger partial charge in [0, 0.05) is 80.3 Å². The topological polar surface area (TPSA) is 27.9 Å². The zero-order chi connectivity index (χ0) is 42.3. The van der Waals surface area contributed by atoms with Crippen LogP contribution in [0.2, 0.25) is 0 Å². The van der Waals surface area contributed by atoms with E-state index in [1.807, 2.05) is 11.3 Å². The van der Waals surface area contributed by atoms with E-state index in [0.29, 0.717) is 0 Å². The van der Waals surface area contributed by atoms with Gasteiger partial charge in [-0.3, -0.25) is 0 Å². The minimum absolute atomic E-state index is 0.891. The Morgan fingerprint density at radius 2 is 0.754 bits per heavy atom. The number of para-hydroxylation sites is 5. The normalized spacial score (nSPS) is 12.3. The Morgan fingerprint density at radius 3 is 1.35 bits per heavy atom. The molecular formula is C60H35N3OS. The van der Waals surface area contributed by atoms with Crippen LogP contribution >= 0.6 is 11.3 Å². The van der Waals surface area contributed by atoms with E-state index >= 15 is 0 Å². The SMILES string of the molecule is c1cc(-n2c3ccccc3c3ccccc32)cc(-n2c3ccccc3c3c4sc5ccc(-c6ccc7oc8ccc(-n9c%10ccccc%10c%10ccccc%109)cc8c7c6)cc5c4ccc32)c1. The molecule has 0 N–H and O–H groups in total. The van der Waals surface area contributed by atoms with E-state index in [1.54, 1.807) is 0 Å². The van der Waals surface area contributed by atoms with Gasteiger partial charge < -0.3 is 18.1 Å². The molecule has 5 aromatic heterocycles. The van der Waals surface area contributed by atoms with Crippen molar-refractivity contribution in [2.24, 2.45) is 0 Å². The summed E-state index contributed by atoms with van der Waals surface area (Å²) in [6, 6.07) is 77.6. The van der Waals surface area contributed by atoms with Crippen molar-refractivity contribution in [1.82, 2.24) is 13.7 Å². The summed E-state index contributed by atoms with van der Waals surface area (Å²) in [6.07, 6.45) is 0. The summed E-state index contributed by atoms with van der Waals surface area (Å²) < 4.78 is 16.3. The Labute approximate surface area is 375 Å². The second-order valence-electron chi connectivity index (χ2n) is 17.3. The maximum absolute atomic E-state index is 6.46. The van der Waals surface area contributed by atoms with Gasteiger partial charge in [0.05, 0.1) is 33.1 Å². The molecule has 0 saturated carbocycles. The molecule has 0 atom stereocenters. The van der Waals surface area contributed by atoms with Crippen LogP contribution in [0.25, 0.3) is 136 Å². The molecule has 15 rings (SSSR count). The smallest absolute Gasteiger partial charge is 0.135 e. The van der Waals surface area contributed by atoms with Crippen LogP contribution in [-0.2, 0) is 0 Å². The van der Waals surface area contributed by atoms with Crippen molar-refractivity contribution in [1.29, 1.82) is 0 Å². The molecular weight excluding hydrogens is 811 g/mol. The molecule has 65 heavy (non-hydrogen) atoms. The van der Waals surface area contributed by atoms with E-state index in [0.717, 1.165) is 39.0 Å². The average molecular weight is 846 g/mol. The van der Waals surface area contributed by atoms with E-state index < -0.39 is 0 Å². The summed E-state index contributed by atoms with van der Waals surface area (Å²) in [7, 11) is 0. The number of hydrogen-bond acceptors (Lipinski definition) is 2. The van der Waals surface area contributed by atoms with Gasteiger partial charge in [-0.2, -0.15) is 0 Å². The van der Waals surface area contributed by atoms with Crippen molar-refractivity contribution in [2.45, 2.75) is 0 Å². The molecule has 10 aromatic carbocycles. The Morgan fingerprint density at radius 1 is 0.292 bits per heavy atom. The van der Waals surface area contributed by atoms with E-state index in [9.17, 15) is 0 Å². The Bertz CT molecular complexity index is 4390. The van der Waals surface area contributed by atoms with E-state index in [2.05, 4.69) is 226 Å². The summed E-state index contributed by atoms with van der Waals surface area (Å²) in [4.78, 5) is 0. The molecule has 5 heteroatoms. The largest absolute Gasteiger partial charge is 0.456 e. The quantitative estimate of drug-likeness (QED) is 0.173. The van der Waals surface area contributed by atoms with Crippen LogP contribution in [0.1, 0.15) is 0 Å². The number of aromatic nitrogens is 3. The lowest BCUT2D eigenvalue weighted by atomic mass is 10.00. The fourth-order valence-electron chi connectivity index (χ4n) is 11.0. The number of furan rings is 1. The number of benzene rings is 10. The van der Waals surface area contributed by atoms with Gasteiger partial charge in [-0.05, 0) is 108 Å². The lowest BCUT2D eigenvalue weighted by Crippen LogP contribution is -1.98. The van der Waals surface area contributed by atoms with Crippen LogP contribution in [0.15, 0.2) is 217 Å². The summed E-state index contributed by atoms with van der Waals surface area (Å²) in [5, 5.41) is 12.4. The summed E-state index contributed by atoms with van der Waals surface area (Å²) in [5.74, 6) is 0. The molecule has 0 aliphatic carbocycles. The Hall–Kier alpha value is -8.38. The second-order valence-corrected chi connectivity index (χ2v) is 18.3. The van der Waals surface area contributed by atoms with Crippen molar-refractivity contribution in [3.8, 4) is 28.2 Å². The number of thiophene rings is 1. The van der Waals surface area contributed by atoms with Gasteiger partial charge >= 0.3 is 0 Å². The molecule has 0 radical (unpaired) electrons. The third kappa shape index (κ3) is 4.90. The molecule has 0 bridgehead atoms. The maximum atomic E-state index is 6.46. The fourth-order valence-corrected chi connectivity index (χ4v) is 12.2. The lowest BCUT2D eigenvalue weighted by molar-refractivity contribution is 0.669. The van der Waals surface area contributed by atoms with E-state index in [1.165, 1.54) is 96.7 Å². The molecule has 0 spiro atoms. The third-order valence-electron chi connectivity index (χ3n) is 13.8. The van der Waals surface area contributed by atoms with Gasteiger partial charge in [0.1, 0.15) is 11.2 Å². The molecule has 5 heterocycles. The lowest BCUT2D eigenvalue weighted by Gasteiger charge is -2.12. The first-order chi connectivity index (χ1) is 32.2. The highest BCUT2D eigenvalue weighted by atomic mass is 32.1. The first-order valence-corrected chi connectivity index (χ1v) is 23.0. The van der Waals surface area contributed by atoms with Crippen molar-refractivity contribution in [3.63, 3.8) is 0 Å². The zero-order valence-electron chi connectivity index (χ0n) is 34.9. The predicted octanol–water partition coefficient (Wildman–Crippen LogP) is 16.9. The van der Waals surface area contributed by atoms with Gasteiger partial charge in [0.25, 0.3) is 0 Å². The first kappa shape index (κ1) is 35.1. The van der Waals surface area contributed by atoms with Crippen LogP contribution in [0.5, 0.6) is 0 Å². The van der Waals surface area contributed by atoms with Gasteiger partial charge in [-0.15, -0.1) is 11.3 Å². The Balaban J connectivity index is 0.873. The number of fused-ring (bicyclic) bond motifs is 16. The molecule has 0 fully saturated rings. The monoisotopic (exact) mass is 845 g/mol. The van der Waals surface area contributed by atoms with Crippen molar-refractivity contribution in [3.05, 3.63) is 212 Å². The van der Waals surface area contributed by atoms with Gasteiger partial charge in [-0.25, -0.2) is 0 Å². The van der Waals surface area contributed by atoms with Crippen LogP contribution in [0.4, 0.5) is 0 Å². The highest BCUT2D eigenvalue weighted by Crippen LogP contribution is 2.45. The molecule has 0 aliphatic rings. The van der Waals surface area contributed by atoms with Crippen molar-refractivity contribution >= 4 is 119 Å². The summed E-state index contributed by atoms with van der Waals surface area (Å²) >= 11 is 1.90. The first-order valence-electron chi connectivity index (χ1n) is 22.2. The number of rotatable bonds is 4. The third-order valence-corrected chi connectivity index (χ3v) is 15.0. The highest BCUT2D eigenvalue weighted by Gasteiger charge is 2.20. The molecule has 0 unspecified atom stereocenters. The molecule has 4 nitrogen and oxygen atoms in total. The molecule has 0 amide bonds. The molecule has 0 saturated heterocycles. The van der Waals surface area contributed by atoms with Crippen molar-refractivity contribution in [2.75, 3.05) is 0 Å². The summed E-state index contributed by atoms with van der Waals surface area (Å²) in [6.45, 7) is 0. The van der Waals surface area contributed by atoms with Crippen LogP contribution in [0, 0.1) is 0 Å². The van der Waals surface area contributed by atoms with E-state index in [-0.39, 0.29) is 0 Å².